The minimum Gasteiger partial charge on any atom is -0.297 e. The van der Waals surface area contributed by atoms with Crippen LogP contribution in [0.3, 0.4) is 0 Å². The van der Waals surface area contributed by atoms with E-state index < -0.39 is 9.84 Å². The number of hydrogen-bond donors (Lipinski definition) is 0. The van der Waals surface area contributed by atoms with Crippen LogP contribution in [0, 0.1) is 0 Å². The van der Waals surface area contributed by atoms with Crippen molar-refractivity contribution < 1.29 is 8.42 Å². The largest absolute Gasteiger partial charge is 0.297 e. The van der Waals surface area contributed by atoms with E-state index in [-0.39, 0.29) is 11.2 Å². The van der Waals surface area contributed by atoms with Crippen molar-refractivity contribution in [2.75, 3.05) is 13.1 Å². The average molecular weight is 383 g/mol. The second-order valence-corrected chi connectivity index (χ2v) is 9.92. The first-order valence-electron chi connectivity index (χ1n) is 8.64. The minimum atomic E-state index is -3.25. The van der Waals surface area contributed by atoms with Crippen molar-refractivity contribution in [2.24, 2.45) is 0 Å². The molecule has 0 bridgehead atoms. The molecule has 1 fully saturated rings. The zero-order valence-electron chi connectivity index (χ0n) is 14.1. The first-order valence-corrected chi connectivity index (χ1v) is 11.1. The lowest BCUT2D eigenvalue weighted by Crippen LogP contribution is -2.25. The van der Waals surface area contributed by atoms with E-state index in [1.807, 2.05) is 29.6 Å². The lowest BCUT2D eigenvalue weighted by molar-refractivity contribution is 0.325. The van der Waals surface area contributed by atoms with Crippen LogP contribution in [-0.4, -0.2) is 36.6 Å². The molecule has 4 nitrogen and oxygen atoms in total. The Morgan fingerprint density at radius 2 is 1.92 bits per heavy atom. The zero-order valence-corrected chi connectivity index (χ0v) is 15.7. The van der Waals surface area contributed by atoms with Gasteiger partial charge in [-0.15, -0.1) is 0 Å². The summed E-state index contributed by atoms with van der Waals surface area (Å²) in [5.74, 6) is 0.0652. The number of thiophene rings is 1. The Morgan fingerprint density at radius 3 is 2.69 bits per heavy atom. The van der Waals surface area contributed by atoms with Gasteiger partial charge in [-0.1, -0.05) is 6.07 Å². The average Bonchev–Trinajstić information content (AvgIpc) is 3.35. The number of pyridine rings is 1. The molecule has 26 heavy (non-hydrogen) atoms. The van der Waals surface area contributed by atoms with E-state index >= 15 is 0 Å². The van der Waals surface area contributed by atoms with Gasteiger partial charge < -0.3 is 0 Å². The van der Waals surface area contributed by atoms with Gasteiger partial charge in [0.1, 0.15) is 0 Å². The maximum atomic E-state index is 13.0. The van der Waals surface area contributed by atoms with Crippen LogP contribution in [0.25, 0.3) is 11.1 Å². The fourth-order valence-corrected chi connectivity index (χ4v) is 7.07. The number of likely N-dealkylation sites (tertiary alicyclic amines) is 1. The van der Waals surface area contributed by atoms with Gasteiger partial charge in [0.2, 0.25) is 0 Å². The highest BCUT2D eigenvalue weighted by Gasteiger charge is 2.50. The molecule has 2 aliphatic heterocycles. The normalized spacial score (nSPS) is 23.7. The summed E-state index contributed by atoms with van der Waals surface area (Å²) < 4.78 is 26.1. The van der Waals surface area contributed by atoms with Crippen LogP contribution in [0.1, 0.15) is 17.0 Å². The van der Waals surface area contributed by atoms with Gasteiger partial charge in [0.15, 0.2) is 9.84 Å². The van der Waals surface area contributed by atoms with E-state index in [1.165, 1.54) is 5.56 Å². The molecule has 0 unspecified atom stereocenters. The monoisotopic (exact) mass is 382 g/mol. The predicted molar refractivity (Wildman–Crippen MR) is 103 cm³/mol. The molecule has 1 aromatic carbocycles. The van der Waals surface area contributed by atoms with Crippen LogP contribution in [0.2, 0.25) is 0 Å². The molecular weight excluding hydrogens is 364 g/mol. The van der Waals surface area contributed by atoms with E-state index in [0.717, 1.165) is 29.8 Å². The third kappa shape index (κ3) is 2.52. The molecular formula is C20H18N2O2S2. The van der Waals surface area contributed by atoms with Gasteiger partial charge in [-0.05, 0) is 63.3 Å². The molecule has 3 aromatic rings. The molecule has 2 atom stereocenters. The number of hydrogen-bond acceptors (Lipinski definition) is 5. The number of sulfone groups is 1. The Morgan fingerprint density at radius 1 is 1.08 bits per heavy atom. The minimum absolute atomic E-state index is 0.0652. The maximum Gasteiger partial charge on any atom is 0.183 e. The van der Waals surface area contributed by atoms with Gasteiger partial charge in [0.25, 0.3) is 0 Å². The van der Waals surface area contributed by atoms with Crippen LogP contribution in [0.15, 0.2) is 64.4 Å². The fourth-order valence-electron chi connectivity index (χ4n) is 4.21. The van der Waals surface area contributed by atoms with Gasteiger partial charge in [-0.3, -0.25) is 9.88 Å². The smallest absolute Gasteiger partial charge is 0.183 e. The number of benzene rings is 1. The molecule has 0 spiro atoms. The number of nitrogens with zero attached hydrogens (tertiary/aromatic N) is 2. The summed E-state index contributed by atoms with van der Waals surface area (Å²) in [4.78, 5) is 6.84. The molecule has 0 N–H and O–H groups in total. The zero-order chi connectivity index (χ0) is 17.7. The topological polar surface area (TPSA) is 50.3 Å². The lowest BCUT2D eigenvalue weighted by atomic mass is 9.95. The summed E-state index contributed by atoms with van der Waals surface area (Å²) in [5.41, 5.74) is 4.43. The third-order valence-electron chi connectivity index (χ3n) is 5.47. The van der Waals surface area contributed by atoms with Gasteiger partial charge in [-0.2, -0.15) is 11.3 Å². The molecule has 132 valence electrons. The molecule has 0 aliphatic carbocycles. The first kappa shape index (κ1) is 16.2. The SMILES string of the molecule is O=S1(=O)c2ccc(-c3ccsc3)cc2[C@H]2CN(Cc3ccncc3)C[C@H]21. The first-order chi connectivity index (χ1) is 12.6. The molecule has 5 rings (SSSR count). The van der Waals surface area contributed by atoms with Crippen LogP contribution in [0.4, 0.5) is 0 Å². The fraction of sp³-hybridized carbons (Fsp3) is 0.250. The highest BCUT2D eigenvalue weighted by atomic mass is 32.2. The molecule has 4 heterocycles. The van der Waals surface area contributed by atoms with Gasteiger partial charge in [0.05, 0.1) is 10.1 Å². The Labute approximate surface area is 157 Å². The van der Waals surface area contributed by atoms with E-state index in [0.29, 0.717) is 11.4 Å². The predicted octanol–water partition coefficient (Wildman–Crippen LogP) is 3.57. The molecule has 2 aliphatic rings. The van der Waals surface area contributed by atoms with Crippen molar-refractivity contribution >= 4 is 21.2 Å². The van der Waals surface area contributed by atoms with Crippen molar-refractivity contribution in [1.82, 2.24) is 9.88 Å². The van der Waals surface area contributed by atoms with Gasteiger partial charge in [-0.25, -0.2) is 8.42 Å². The highest BCUT2D eigenvalue weighted by molar-refractivity contribution is 7.92. The summed E-state index contributed by atoms with van der Waals surface area (Å²) in [5, 5.41) is 3.83. The standard InChI is InChI=1S/C20H18N2O2S2/c23-26(24)19-2-1-15(16-5-8-25-13-16)9-17(19)18-11-22(12-20(18)26)10-14-3-6-21-7-4-14/h1-9,13,18,20H,10-12H2/t18-,20-/m1/s1. The van der Waals surface area contributed by atoms with Gasteiger partial charge in [0, 0.05) is 37.9 Å². The van der Waals surface area contributed by atoms with Crippen LogP contribution in [0.5, 0.6) is 0 Å². The van der Waals surface area contributed by atoms with Gasteiger partial charge >= 0.3 is 0 Å². The molecule has 6 heteroatoms. The van der Waals surface area contributed by atoms with Crippen molar-refractivity contribution in [1.29, 1.82) is 0 Å². The summed E-state index contributed by atoms with van der Waals surface area (Å²) in [6.45, 7) is 2.15. The molecule has 0 saturated carbocycles. The van der Waals surface area contributed by atoms with E-state index in [1.54, 1.807) is 23.7 Å². The summed E-state index contributed by atoms with van der Waals surface area (Å²) in [6, 6.07) is 11.9. The summed E-state index contributed by atoms with van der Waals surface area (Å²) in [6.07, 6.45) is 3.57. The Hall–Kier alpha value is -2.02. The number of rotatable bonds is 3. The Bertz CT molecular complexity index is 1050. The third-order valence-corrected chi connectivity index (χ3v) is 8.41. The highest BCUT2D eigenvalue weighted by Crippen LogP contribution is 2.46. The van der Waals surface area contributed by atoms with E-state index in [2.05, 4.69) is 27.4 Å². The molecule has 0 amide bonds. The van der Waals surface area contributed by atoms with E-state index in [9.17, 15) is 8.42 Å². The van der Waals surface area contributed by atoms with Crippen molar-refractivity contribution in [3.63, 3.8) is 0 Å². The molecule has 1 saturated heterocycles. The van der Waals surface area contributed by atoms with Crippen molar-refractivity contribution in [2.45, 2.75) is 22.6 Å². The lowest BCUT2D eigenvalue weighted by Gasteiger charge is -2.17. The quantitative estimate of drug-likeness (QED) is 0.695. The van der Waals surface area contributed by atoms with Crippen LogP contribution < -0.4 is 0 Å². The Kier molecular flexibility index (Phi) is 3.74. The van der Waals surface area contributed by atoms with Crippen LogP contribution >= 0.6 is 11.3 Å². The second kappa shape index (κ2) is 6.01. The van der Waals surface area contributed by atoms with E-state index in [4.69, 9.17) is 0 Å². The summed E-state index contributed by atoms with van der Waals surface area (Å²) >= 11 is 1.66. The maximum absolute atomic E-state index is 13.0. The van der Waals surface area contributed by atoms with Crippen molar-refractivity contribution in [3.8, 4) is 11.1 Å². The number of aromatic nitrogens is 1. The van der Waals surface area contributed by atoms with Crippen molar-refractivity contribution in [3.05, 3.63) is 70.7 Å². The van der Waals surface area contributed by atoms with Crippen LogP contribution in [-0.2, 0) is 16.4 Å². The molecule has 0 radical (unpaired) electrons. The summed E-state index contributed by atoms with van der Waals surface area (Å²) in [7, 11) is -3.25. The number of fused-ring (bicyclic) bond motifs is 3. The molecule has 2 aromatic heterocycles. The second-order valence-electron chi connectivity index (χ2n) is 7.00. The Balaban J connectivity index is 1.49.